The van der Waals surface area contributed by atoms with Crippen LogP contribution in [-0.2, 0) is 17.9 Å². The molecule has 0 aliphatic rings. The molecule has 2 aromatic carbocycles. The highest BCUT2D eigenvalue weighted by Gasteiger charge is 2.19. The van der Waals surface area contributed by atoms with Gasteiger partial charge in [-0.05, 0) is 30.5 Å². The number of rotatable bonds is 7. The fourth-order valence-electron chi connectivity index (χ4n) is 3.17. The number of urea groups is 1. The molecule has 0 saturated heterocycles. The summed E-state index contributed by atoms with van der Waals surface area (Å²) in [5, 5.41) is 5.94. The molecule has 3 aromatic rings. The molecule has 6 heteroatoms. The van der Waals surface area contributed by atoms with Crippen LogP contribution < -0.4 is 10.6 Å². The van der Waals surface area contributed by atoms with Gasteiger partial charge in [0.15, 0.2) is 12.2 Å². The van der Waals surface area contributed by atoms with Gasteiger partial charge in [-0.25, -0.2) is 9.78 Å². The SMILES string of the molecule is COCc1ocnc1CNC(=O)NC(c1ccccc1)c1ccc(C)cc1C. The highest BCUT2D eigenvalue weighted by molar-refractivity contribution is 5.75. The molecule has 1 aromatic heterocycles. The van der Waals surface area contributed by atoms with E-state index in [1.165, 1.54) is 12.0 Å². The number of nitrogens with one attached hydrogen (secondary N) is 2. The topological polar surface area (TPSA) is 76.4 Å². The van der Waals surface area contributed by atoms with Crippen molar-refractivity contribution < 1.29 is 13.9 Å². The first-order valence-electron chi connectivity index (χ1n) is 9.15. The van der Waals surface area contributed by atoms with Crippen LogP contribution in [0.4, 0.5) is 4.79 Å². The smallest absolute Gasteiger partial charge is 0.315 e. The minimum Gasteiger partial charge on any atom is -0.446 e. The third kappa shape index (κ3) is 4.78. The van der Waals surface area contributed by atoms with Crippen LogP contribution in [0.5, 0.6) is 0 Å². The van der Waals surface area contributed by atoms with Gasteiger partial charge in [0.05, 0.1) is 12.6 Å². The normalized spacial score (nSPS) is 11.8. The van der Waals surface area contributed by atoms with Gasteiger partial charge in [0.25, 0.3) is 0 Å². The minimum atomic E-state index is -0.278. The van der Waals surface area contributed by atoms with E-state index in [1.54, 1.807) is 7.11 Å². The predicted octanol–water partition coefficient (Wildman–Crippen LogP) is 4.03. The maximum absolute atomic E-state index is 12.6. The molecule has 28 heavy (non-hydrogen) atoms. The summed E-state index contributed by atoms with van der Waals surface area (Å²) in [5.74, 6) is 0.608. The molecule has 6 nitrogen and oxygen atoms in total. The number of carbonyl (C=O) groups is 1. The Morgan fingerprint density at radius 3 is 2.68 bits per heavy atom. The van der Waals surface area contributed by atoms with Crippen molar-refractivity contribution >= 4 is 6.03 Å². The summed E-state index contributed by atoms with van der Waals surface area (Å²) < 4.78 is 10.4. The second-order valence-electron chi connectivity index (χ2n) is 6.69. The van der Waals surface area contributed by atoms with Crippen molar-refractivity contribution in [2.75, 3.05) is 7.11 Å². The van der Waals surface area contributed by atoms with E-state index < -0.39 is 0 Å². The van der Waals surface area contributed by atoms with Gasteiger partial charge in [0.2, 0.25) is 0 Å². The van der Waals surface area contributed by atoms with Gasteiger partial charge in [-0.1, -0.05) is 54.1 Å². The van der Waals surface area contributed by atoms with Crippen LogP contribution in [0.3, 0.4) is 0 Å². The molecule has 0 bridgehead atoms. The molecule has 0 aliphatic carbocycles. The Hall–Kier alpha value is -3.12. The number of methoxy groups -OCH3 is 1. The van der Waals surface area contributed by atoms with Crippen LogP contribution in [0.15, 0.2) is 59.3 Å². The van der Waals surface area contributed by atoms with Crippen LogP contribution in [0.25, 0.3) is 0 Å². The van der Waals surface area contributed by atoms with Crippen molar-refractivity contribution in [1.29, 1.82) is 0 Å². The minimum absolute atomic E-state index is 0.252. The van der Waals surface area contributed by atoms with Crippen molar-refractivity contribution in [2.45, 2.75) is 33.0 Å². The van der Waals surface area contributed by atoms with Gasteiger partial charge >= 0.3 is 6.03 Å². The number of aromatic nitrogens is 1. The summed E-state index contributed by atoms with van der Waals surface area (Å²) in [6.45, 7) is 4.69. The first-order chi connectivity index (χ1) is 13.6. The molecule has 1 heterocycles. The summed E-state index contributed by atoms with van der Waals surface area (Å²) in [6.07, 6.45) is 1.35. The third-order valence-electron chi connectivity index (χ3n) is 4.56. The van der Waals surface area contributed by atoms with Crippen LogP contribution in [0.2, 0.25) is 0 Å². The number of oxazole rings is 1. The van der Waals surface area contributed by atoms with Crippen LogP contribution in [0.1, 0.15) is 39.7 Å². The maximum Gasteiger partial charge on any atom is 0.315 e. The molecular formula is C22H25N3O3. The molecule has 0 spiro atoms. The third-order valence-corrected chi connectivity index (χ3v) is 4.56. The highest BCUT2D eigenvalue weighted by Crippen LogP contribution is 2.25. The van der Waals surface area contributed by atoms with Gasteiger partial charge in [-0.3, -0.25) is 0 Å². The molecule has 0 saturated carbocycles. The molecule has 1 atom stereocenters. The van der Waals surface area contributed by atoms with Crippen LogP contribution in [0, 0.1) is 13.8 Å². The Morgan fingerprint density at radius 2 is 1.96 bits per heavy atom. The molecular weight excluding hydrogens is 354 g/mol. The number of hydrogen-bond acceptors (Lipinski definition) is 4. The molecule has 1 unspecified atom stereocenters. The zero-order chi connectivity index (χ0) is 19.9. The van der Waals surface area contributed by atoms with Crippen molar-refractivity contribution in [3.8, 4) is 0 Å². The average Bonchev–Trinajstić information content (AvgIpc) is 3.13. The van der Waals surface area contributed by atoms with E-state index >= 15 is 0 Å². The summed E-state index contributed by atoms with van der Waals surface area (Å²) in [7, 11) is 1.58. The monoisotopic (exact) mass is 379 g/mol. The zero-order valence-electron chi connectivity index (χ0n) is 16.4. The fraction of sp³-hybridized carbons (Fsp3) is 0.273. The van der Waals surface area contributed by atoms with Crippen LogP contribution in [-0.4, -0.2) is 18.1 Å². The van der Waals surface area contributed by atoms with E-state index in [9.17, 15) is 4.79 Å². The standard InChI is InChI=1S/C22H25N3O3/c1-15-9-10-18(16(2)11-15)21(17-7-5-4-6-8-17)25-22(26)23-12-19-20(13-27-3)28-14-24-19/h4-11,14,21H,12-13H2,1-3H3,(H2,23,25,26). The first-order valence-corrected chi connectivity index (χ1v) is 9.15. The lowest BCUT2D eigenvalue weighted by Gasteiger charge is -2.22. The predicted molar refractivity (Wildman–Crippen MR) is 107 cm³/mol. The van der Waals surface area contributed by atoms with Gasteiger partial charge < -0.3 is 19.8 Å². The number of hydrogen-bond donors (Lipinski definition) is 2. The highest BCUT2D eigenvalue weighted by atomic mass is 16.5. The Bertz CT molecular complexity index is 922. The number of carbonyl (C=O) groups excluding carboxylic acids is 1. The van der Waals surface area contributed by atoms with Gasteiger partial charge in [0.1, 0.15) is 12.3 Å². The summed E-state index contributed by atoms with van der Waals surface area (Å²) in [4.78, 5) is 16.8. The van der Waals surface area contributed by atoms with Crippen molar-refractivity contribution in [2.24, 2.45) is 0 Å². The van der Waals surface area contributed by atoms with E-state index in [0.717, 1.165) is 16.7 Å². The van der Waals surface area contributed by atoms with Gasteiger partial charge in [0, 0.05) is 7.11 Å². The lowest BCUT2D eigenvalue weighted by molar-refractivity contribution is 0.163. The van der Waals surface area contributed by atoms with Gasteiger partial charge in [-0.15, -0.1) is 0 Å². The molecule has 2 amide bonds. The summed E-state index contributed by atoms with van der Waals surface area (Å²) in [6, 6.07) is 15.6. The number of ether oxygens (including phenoxy) is 1. The summed E-state index contributed by atoms with van der Waals surface area (Å²) in [5.41, 5.74) is 5.06. The Balaban J connectivity index is 1.76. The van der Waals surface area contributed by atoms with E-state index in [1.807, 2.05) is 30.3 Å². The second-order valence-corrected chi connectivity index (χ2v) is 6.69. The van der Waals surface area contributed by atoms with Crippen molar-refractivity contribution in [1.82, 2.24) is 15.6 Å². The Kier molecular flexibility index (Phi) is 6.45. The van der Waals surface area contributed by atoms with E-state index in [0.29, 0.717) is 18.1 Å². The molecule has 146 valence electrons. The average molecular weight is 379 g/mol. The van der Waals surface area contributed by atoms with Gasteiger partial charge in [-0.2, -0.15) is 0 Å². The van der Waals surface area contributed by atoms with E-state index in [4.69, 9.17) is 9.15 Å². The molecule has 0 fully saturated rings. The molecule has 2 N–H and O–H groups in total. The second kappa shape index (κ2) is 9.19. The lowest BCUT2D eigenvalue weighted by Crippen LogP contribution is -2.38. The lowest BCUT2D eigenvalue weighted by atomic mass is 9.94. The first kappa shape index (κ1) is 19.6. The number of benzene rings is 2. The summed E-state index contributed by atoms with van der Waals surface area (Å²) >= 11 is 0. The maximum atomic E-state index is 12.6. The van der Waals surface area contributed by atoms with E-state index in [-0.39, 0.29) is 18.6 Å². The molecule has 0 aliphatic heterocycles. The van der Waals surface area contributed by atoms with Crippen molar-refractivity contribution in [3.63, 3.8) is 0 Å². The number of amides is 2. The van der Waals surface area contributed by atoms with Crippen LogP contribution >= 0.6 is 0 Å². The quantitative estimate of drug-likeness (QED) is 0.650. The fourth-order valence-corrected chi connectivity index (χ4v) is 3.17. The zero-order valence-corrected chi connectivity index (χ0v) is 16.4. The molecule has 0 radical (unpaired) electrons. The number of nitrogens with zero attached hydrogens (tertiary/aromatic N) is 1. The van der Waals surface area contributed by atoms with Crippen molar-refractivity contribution in [3.05, 3.63) is 88.6 Å². The Labute approximate surface area is 164 Å². The largest absolute Gasteiger partial charge is 0.446 e. The Morgan fingerprint density at radius 1 is 1.18 bits per heavy atom. The van der Waals surface area contributed by atoms with E-state index in [2.05, 4.69) is 47.7 Å². The number of aryl methyl sites for hydroxylation is 2. The molecule has 3 rings (SSSR count).